The zero-order valence-electron chi connectivity index (χ0n) is 10.4. The highest BCUT2D eigenvalue weighted by molar-refractivity contribution is 4.83. The van der Waals surface area contributed by atoms with Gasteiger partial charge in [-0.15, -0.1) is 0 Å². The smallest absolute Gasteiger partial charge is 0.0469 e. The van der Waals surface area contributed by atoms with Gasteiger partial charge in [0, 0.05) is 26.3 Å². The maximum Gasteiger partial charge on any atom is 0.0469 e. The van der Waals surface area contributed by atoms with E-state index in [1.54, 1.807) is 0 Å². The van der Waals surface area contributed by atoms with Crippen LogP contribution in [0.4, 0.5) is 0 Å². The molecule has 16 heavy (non-hydrogen) atoms. The molecule has 3 rings (SSSR count). The number of hydrogen-bond donors (Lipinski definition) is 0. The molecular formula is C14H25NO. The molecule has 1 atom stereocenters. The molecule has 2 heteroatoms. The van der Waals surface area contributed by atoms with Gasteiger partial charge in [-0.25, -0.2) is 0 Å². The third-order valence-corrected chi connectivity index (χ3v) is 4.59. The highest BCUT2D eigenvalue weighted by Crippen LogP contribution is 2.38. The van der Waals surface area contributed by atoms with Crippen molar-refractivity contribution in [3.8, 4) is 0 Å². The van der Waals surface area contributed by atoms with E-state index < -0.39 is 0 Å². The standard InChI is InChI=1S/C14H25NO/c1-2-12(1)9-14-3-6-15(11-14)10-13-4-7-16-8-5-13/h12-14H,1-11H2. The molecule has 0 aromatic carbocycles. The molecule has 0 amide bonds. The van der Waals surface area contributed by atoms with Gasteiger partial charge >= 0.3 is 0 Å². The lowest BCUT2D eigenvalue weighted by Crippen LogP contribution is -2.31. The zero-order chi connectivity index (χ0) is 10.8. The molecule has 3 aliphatic rings. The summed E-state index contributed by atoms with van der Waals surface area (Å²) in [6.07, 6.45) is 8.64. The molecule has 92 valence electrons. The Balaban J connectivity index is 1.38. The van der Waals surface area contributed by atoms with E-state index in [9.17, 15) is 0 Å². The van der Waals surface area contributed by atoms with Crippen LogP contribution < -0.4 is 0 Å². The summed E-state index contributed by atoms with van der Waals surface area (Å²) in [4.78, 5) is 2.73. The van der Waals surface area contributed by atoms with E-state index in [1.165, 1.54) is 58.2 Å². The quantitative estimate of drug-likeness (QED) is 0.726. The summed E-state index contributed by atoms with van der Waals surface area (Å²) in [7, 11) is 0. The molecule has 3 fully saturated rings. The Bertz CT molecular complexity index is 221. The summed E-state index contributed by atoms with van der Waals surface area (Å²) in [5.41, 5.74) is 0. The number of hydrogen-bond acceptors (Lipinski definition) is 2. The Hall–Kier alpha value is -0.0800. The van der Waals surface area contributed by atoms with Gasteiger partial charge < -0.3 is 9.64 Å². The fourth-order valence-electron chi connectivity index (χ4n) is 3.39. The summed E-state index contributed by atoms with van der Waals surface area (Å²) in [5, 5.41) is 0. The van der Waals surface area contributed by atoms with E-state index in [0.29, 0.717) is 0 Å². The average molecular weight is 223 g/mol. The maximum absolute atomic E-state index is 5.43. The molecular weight excluding hydrogens is 198 g/mol. The fraction of sp³-hybridized carbons (Fsp3) is 1.00. The molecule has 2 heterocycles. The van der Waals surface area contributed by atoms with Crippen LogP contribution in [0, 0.1) is 17.8 Å². The molecule has 2 nitrogen and oxygen atoms in total. The van der Waals surface area contributed by atoms with Crippen molar-refractivity contribution >= 4 is 0 Å². The number of rotatable bonds is 4. The predicted molar refractivity (Wildman–Crippen MR) is 65.4 cm³/mol. The largest absolute Gasteiger partial charge is 0.381 e. The average Bonchev–Trinajstić information content (AvgIpc) is 3.01. The van der Waals surface area contributed by atoms with Crippen LogP contribution >= 0.6 is 0 Å². The molecule has 1 aliphatic carbocycles. The predicted octanol–water partition coefficient (Wildman–Crippen LogP) is 2.54. The van der Waals surface area contributed by atoms with Crippen molar-refractivity contribution in [1.82, 2.24) is 4.90 Å². The van der Waals surface area contributed by atoms with Gasteiger partial charge in [0.25, 0.3) is 0 Å². The van der Waals surface area contributed by atoms with Gasteiger partial charge in [-0.1, -0.05) is 12.8 Å². The third kappa shape index (κ3) is 2.98. The van der Waals surface area contributed by atoms with Gasteiger partial charge in [0.1, 0.15) is 0 Å². The zero-order valence-corrected chi connectivity index (χ0v) is 10.4. The Labute approximate surface area is 99.3 Å². The molecule has 1 saturated carbocycles. The van der Waals surface area contributed by atoms with Crippen molar-refractivity contribution in [3.05, 3.63) is 0 Å². The molecule has 0 aromatic heterocycles. The monoisotopic (exact) mass is 223 g/mol. The minimum absolute atomic E-state index is 0.924. The van der Waals surface area contributed by atoms with E-state index in [1.807, 2.05) is 0 Å². The summed E-state index contributed by atoms with van der Waals surface area (Å²) in [6, 6.07) is 0. The molecule has 0 bridgehead atoms. The van der Waals surface area contributed by atoms with E-state index in [-0.39, 0.29) is 0 Å². The number of likely N-dealkylation sites (tertiary alicyclic amines) is 1. The fourth-order valence-corrected chi connectivity index (χ4v) is 3.39. The Morgan fingerprint density at radius 3 is 2.44 bits per heavy atom. The minimum atomic E-state index is 0.924. The first-order chi connectivity index (χ1) is 7.90. The first-order valence-electron chi connectivity index (χ1n) is 7.20. The van der Waals surface area contributed by atoms with Crippen molar-refractivity contribution < 1.29 is 4.74 Å². The van der Waals surface area contributed by atoms with E-state index in [2.05, 4.69) is 4.90 Å². The molecule has 2 aliphatic heterocycles. The van der Waals surface area contributed by atoms with Crippen molar-refractivity contribution in [2.45, 2.75) is 38.5 Å². The second kappa shape index (κ2) is 5.05. The van der Waals surface area contributed by atoms with E-state index in [0.717, 1.165) is 31.0 Å². The maximum atomic E-state index is 5.43. The third-order valence-electron chi connectivity index (χ3n) is 4.59. The normalized spacial score (nSPS) is 33.4. The Morgan fingerprint density at radius 2 is 1.69 bits per heavy atom. The summed E-state index contributed by atoms with van der Waals surface area (Å²) >= 11 is 0. The van der Waals surface area contributed by atoms with Crippen LogP contribution in [0.2, 0.25) is 0 Å². The Morgan fingerprint density at radius 1 is 0.875 bits per heavy atom. The van der Waals surface area contributed by atoms with E-state index >= 15 is 0 Å². The van der Waals surface area contributed by atoms with Crippen LogP contribution in [-0.4, -0.2) is 37.7 Å². The highest BCUT2D eigenvalue weighted by Gasteiger charge is 2.30. The van der Waals surface area contributed by atoms with Gasteiger partial charge in [-0.3, -0.25) is 0 Å². The van der Waals surface area contributed by atoms with Gasteiger partial charge in [0.15, 0.2) is 0 Å². The number of nitrogens with zero attached hydrogens (tertiary/aromatic N) is 1. The van der Waals surface area contributed by atoms with Crippen LogP contribution in [0.25, 0.3) is 0 Å². The topological polar surface area (TPSA) is 12.5 Å². The van der Waals surface area contributed by atoms with E-state index in [4.69, 9.17) is 4.74 Å². The summed E-state index contributed by atoms with van der Waals surface area (Å²) in [5.74, 6) is 3.08. The van der Waals surface area contributed by atoms with Crippen molar-refractivity contribution in [1.29, 1.82) is 0 Å². The van der Waals surface area contributed by atoms with Crippen LogP contribution in [0.3, 0.4) is 0 Å². The van der Waals surface area contributed by atoms with Gasteiger partial charge in [0.2, 0.25) is 0 Å². The second-order valence-corrected chi connectivity index (χ2v) is 6.15. The SMILES string of the molecule is C1CC(CN2CCC(CC3CC3)C2)CCO1. The van der Waals surface area contributed by atoms with Crippen LogP contribution in [0.1, 0.15) is 38.5 Å². The lowest BCUT2D eigenvalue weighted by atomic mass is 9.99. The highest BCUT2D eigenvalue weighted by atomic mass is 16.5. The minimum Gasteiger partial charge on any atom is -0.381 e. The molecule has 0 N–H and O–H groups in total. The molecule has 0 radical (unpaired) electrons. The first-order valence-corrected chi connectivity index (χ1v) is 7.20. The first kappa shape index (κ1) is 11.0. The number of ether oxygens (including phenoxy) is 1. The molecule has 0 spiro atoms. The van der Waals surface area contributed by atoms with Crippen LogP contribution in [0.15, 0.2) is 0 Å². The van der Waals surface area contributed by atoms with Gasteiger partial charge in [-0.05, 0) is 50.0 Å². The van der Waals surface area contributed by atoms with Crippen LogP contribution in [-0.2, 0) is 4.74 Å². The molecule has 2 saturated heterocycles. The van der Waals surface area contributed by atoms with Gasteiger partial charge in [-0.2, -0.15) is 0 Å². The lowest BCUT2D eigenvalue weighted by molar-refractivity contribution is 0.0550. The Kier molecular flexibility index (Phi) is 3.49. The molecule has 0 aromatic rings. The van der Waals surface area contributed by atoms with Gasteiger partial charge in [0.05, 0.1) is 0 Å². The van der Waals surface area contributed by atoms with Crippen molar-refractivity contribution in [2.24, 2.45) is 17.8 Å². The van der Waals surface area contributed by atoms with Crippen molar-refractivity contribution in [2.75, 3.05) is 32.8 Å². The lowest BCUT2D eigenvalue weighted by Gasteiger charge is -2.27. The summed E-state index contributed by atoms with van der Waals surface area (Å²) in [6.45, 7) is 6.13. The summed E-state index contributed by atoms with van der Waals surface area (Å²) < 4.78 is 5.43. The van der Waals surface area contributed by atoms with Crippen molar-refractivity contribution in [3.63, 3.8) is 0 Å². The van der Waals surface area contributed by atoms with Crippen LogP contribution in [0.5, 0.6) is 0 Å². The second-order valence-electron chi connectivity index (χ2n) is 6.15. The molecule has 1 unspecified atom stereocenters.